The summed E-state index contributed by atoms with van der Waals surface area (Å²) < 4.78 is 48.6. The van der Waals surface area contributed by atoms with E-state index in [0.29, 0.717) is 25.9 Å². The molecule has 0 aromatic heterocycles. The molecular formula is C14H18F2N2O4S. The molecule has 1 heterocycles. The molecule has 1 amide bonds. The molecule has 1 aliphatic heterocycles. The van der Waals surface area contributed by atoms with Gasteiger partial charge in [-0.3, -0.25) is 9.69 Å². The highest BCUT2D eigenvalue weighted by atomic mass is 32.2. The number of nitrogens with zero attached hydrogens (tertiary/aromatic N) is 1. The Hall–Kier alpha value is -1.58. The van der Waals surface area contributed by atoms with E-state index >= 15 is 0 Å². The molecule has 0 unspecified atom stereocenters. The molecule has 1 fully saturated rings. The number of aliphatic hydroxyl groups is 1. The summed E-state index contributed by atoms with van der Waals surface area (Å²) in [5.74, 6) is -4.04. The maximum absolute atomic E-state index is 12.7. The summed E-state index contributed by atoms with van der Waals surface area (Å²) in [7, 11) is -4.79. The van der Waals surface area contributed by atoms with Gasteiger partial charge in [0.1, 0.15) is 0 Å². The van der Waals surface area contributed by atoms with Crippen LogP contribution in [0, 0.1) is 0 Å². The number of carbonyl (C=O) groups is 1. The lowest BCUT2D eigenvalue weighted by Crippen LogP contribution is -2.40. The maximum Gasteiger partial charge on any atom is 0.341 e. The van der Waals surface area contributed by atoms with Crippen molar-refractivity contribution in [2.24, 2.45) is 0 Å². The van der Waals surface area contributed by atoms with Gasteiger partial charge >= 0.3 is 5.76 Å². The molecule has 1 aliphatic rings. The minimum Gasteiger partial charge on any atom is -0.393 e. The molecule has 0 spiro atoms. The fourth-order valence-corrected chi connectivity index (χ4v) is 3.27. The number of halogens is 2. The number of sulfone groups is 1. The minimum atomic E-state index is -4.79. The number of carbonyl (C=O) groups excluding carboxylic acids is 1. The molecule has 2 N–H and O–H groups in total. The van der Waals surface area contributed by atoms with E-state index in [1.807, 2.05) is 4.90 Å². The summed E-state index contributed by atoms with van der Waals surface area (Å²) in [6, 6.07) is 5.08. The third kappa shape index (κ3) is 4.46. The number of piperidine rings is 1. The molecule has 0 aliphatic carbocycles. The van der Waals surface area contributed by atoms with Crippen molar-refractivity contribution in [1.29, 1.82) is 0 Å². The average molecular weight is 348 g/mol. The monoisotopic (exact) mass is 348 g/mol. The second-order valence-electron chi connectivity index (χ2n) is 5.36. The molecule has 1 saturated heterocycles. The number of anilines is 1. The van der Waals surface area contributed by atoms with Crippen LogP contribution in [0.5, 0.6) is 0 Å². The smallest absolute Gasteiger partial charge is 0.341 e. The lowest BCUT2D eigenvalue weighted by Gasteiger charge is -2.28. The Morgan fingerprint density at radius 1 is 1.30 bits per heavy atom. The molecule has 0 bridgehead atoms. The zero-order valence-corrected chi connectivity index (χ0v) is 13.1. The van der Waals surface area contributed by atoms with Gasteiger partial charge in [0.25, 0.3) is 0 Å². The van der Waals surface area contributed by atoms with Crippen molar-refractivity contribution < 1.29 is 27.1 Å². The Morgan fingerprint density at radius 2 is 1.91 bits per heavy atom. The number of nitrogens with one attached hydrogen (secondary N) is 1. The molecule has 1 aromatic carbocycles. The van der Waals surface area contributed by atoms with Gasteiger partial charge in [0.05, 0.1) is 23.2 Å². The third-order valence-corrected chi connectivity index (χ3v) is 5.06. The maximum atomic E-state index is 12.7. The first kappa shape index (κ1) is 17.8. The molecule has 23 heavy (non-hydrogen) atoms. The molecule has 0 atom stereocenters. The number of benzene rings is 1. The fraction of sp³-hybridized carbons (Fsp3) is 0.500. The Balaban J connectivity index is 2.07. The van der Waals surface area contributed by atoms with Crippen LogP contribution < -0.4 is 5.32 Å². The van der Waals surface area contributed by atoms with Crippen molar-refractivity contribution in [2.75, 3.05) is 25.0 Å². The summed E-state index contributed by atoms with van der Waals surface area (Å²) in [4.78, 5) is 13.2. The highest BCUT2D eigenvalue weighted by Crippen LogP contribution is 2.26. The van der Waals surface area contributed by atoms with Crippen LogP contribution >= 0.6 is 0 Å². The van der Waals surface area contributed by atoms with Crippen LogP contribution in [-0.2, 0) is 14.6 Å². The number of hydrogen-bond donors (Lipinski definition) is 2. The number of aliphatic hydroxyl groups excluding tert-OH is 1. The largest absolute Gasteiger partial charge is 0.393 e. The van der Waals surface area contributed by atoms with Crippen molar-refractivity contribution in [3.05, 3.63) is 24.3 Å². The topological polar surface area (TPSA) is 86.7 Å². The first-order chi connectivity index (χ1) is 10.8. The predicted molar refractivity (Wildman–Crippen MR) is 79.9 cm³/mol. The molecule has 128 valence electrons. The second kappa shape index (κ2) is 7.33. The standard InChI is InChI=1S/C14H18F2N2O4S/c15-14(16)23(21,22)12-4-2-1-3-11(12)17-13(20)9-18-7-5-10(19)6-8-18/h1-4,10,14,19H,5-9H2,(H,17,20). The number of alkyl halides is 2. The molecule has 0 radical (unpaired) electrons. The van der Waals surface area contributed by atoms with Gasteiger partial charge < -0.3 is 10.4 Å². The number of hydrogen-bond acceptors (Lipinski definition) is 5. The number of likely N-dealkylation sites (tertiary alicyclic amines) is 1. The van der Waals surface area contributed by atoms with Gasteiger partial charge in [0, 0.05) is 13.1 Å². The minimum absolute atomic E-state index is 0.00970. The average Bonchev–Trinajstić information content (AvgIpc) is 2.50. The first-order valence-corrected chi connectivity index (χ1v) is 8.66. The summed E-state index contributed by atoms with van der Waals surface area (Å²) in [5, 5.41) is 11.8. The van der Waals surface area contributed by atoms with Crippen molar-refractivity contribution in [2.45, 2.75) is 29.6 Å². The first-order valence-electron chi connectivity index (χ1n) is 7.12. The Morgan fingerprint density at radius 3 is 2.52 bits per heavy atom. The van der Waals surface area contributed by atoms with Gasteiger partial charge in [0.15, 0.2) is 0 Å². The zero-order valence-electron chi connectivity index (χ0n) is 12.3. The van der Waals surface area contributed by atoms with Crippen molar-refractivity contribution in [3.8, 4) is 0 Å². The van der Waals surface area contributed by atoms with Gasteiger partial charge in [-0.25, -0.2) is 8.42 Å². The quantitative estimate of drug-likeness (QED) is 0.831. The number of rotatable bonds is 5. The van der Waals surface area contributed by atoms with Crippen LogP contribution in [0.2, 0.25) is 0 Å². The van der Waals surface area contributed by atoms with Crippen LogP contribution in [0.25, 0.3) is 0 Å². The van der Waals surface area contributed by atoms with Gasteiger partial charge in [-0.05, 0) is 25.0 Å². The van der Waals surface area contributed by atoms with E-state index in [4.69, 9.17) is 0 Å². The highest BCUT2D eigenvalue weighted by molar-refractivity contribution is 7.91. The Bertz CT molecular complexity index is 658. The van der Waals surface area contributed by atoms with Crippen molar-refractivity contribution >= 4 is 21.4 Å². The number of amides is 1. The molecule has 0 saturated carbocycles. The molecular weight excluding hydrogens is 330 g/mol. The molecule has 6 nitrogen and oxygen atoms in total. The van der Waals surface area contributed by atoms with Gasteiger partial charge in [-0.1, -0.05) is 12.1 Å². The van der Waals surface area contributed by atoms with Gasteiger partial charge in [-0.15, -0.1) is 0 Å². The summed E-state index contributed by atoms with van der Waals surface area (Å²) >= 11 is 0. The normalized spacial score (nSPS) is 17.4. The van der Waals surface area contributed by atoms with E-state index in [1.165, 1.54) is 18.2 Å². The third-order valence-electron chi connectivity index (χ3n) is 3.63. The Kier molecular flexibility index (Phi) is 5.66. The summed E-state index contributed by atoms with van der Waals surface area (Å²) in [5.41, 5.74) is -0.158. The van der Waals surface area contributed by atoms with Gasteiger partial charge in [-0.2, -0.15) is 8.78 Å². The van der Waals surface area contributed by atoms with Crippen LogP contribution in [-0.4, -0.2) is 55.8 Å². The van der Waals surface area contributed by atoms with Crippen LogP contribution in [0.1, 0.15) is 12.8 Å². The lowest BCUT2D eigenvalue weighted by molar-refractivity contribution is -0.117. The van der Waals surface area contributed by atoms with E-state index in [0.717, 1.165) is 6.07 Å². The Labute approximate surface area is 133 Å². The number of para-hydroxylation sites is 1. The highest BCUT2D eigenvalue weighted by Gasteiger charge is 2.29. The van der Waals surface area contributed by atoms with E-state index in [9.17, 15) is 27.1 Å². The SMILES string of the molecule is O=C(CN1CCC(O)CC1)Nc1ccccc1S(=O)(=O)C(F)F. The summed E-state index contributed by atoms with van der Waals surface area (Å²) in [6.07, 6.45) is 0.749. The van der Waals surface area contributed by atoms with Crippen LogP contribution in [0.3, 0.4) is 0 Å². The fourth-order valence-electron chi connectivity index (χ4n) is 2.38. The van der Waals surface area contributed by atoms with Crippen molar-refractivity contribution in [3.63, 3.8) is 0 Å². The predicted octanol–water partition coefficient (Wildman–Crippen LogP) is 1.08. The van der Waals surface area contributed by atoms with E-state index in [-0.39, 0.29) is 18.3 Å². The zero-order chi connectivity index (χ0) is 17.0. The molecule has 9 heteroatoms. The molecule has 2 rings (SSSR count). The van der Waals surface area contributed by atoms with Crippen molar-refractivity contribution in [1.82, 2.24) is 4.90 Å². The lowest BCUT2D eigenvalue weighted by atomic mass is 10.1. The van der Waals surface area contributed by atoms with E-state index < -0.39 is 26.4 Å². The summed E-state index contributed by atoms with van der Waals surface area (Å²) in [6.45, 7) is 1.10. The van der Waals surface area contributed by atoms with E-state index in [2.05, 4.69) is 5.32 Å². The van der Waals surface area contributed by atoms with Crippen LogP contribution in [0.4, 0.5) is 14.5 Å². The van der Waals surface area contributed by atoms with E-state index in [1.54, 1.807) is 0 Å². The van der Waals surface area contributed by atoms with Gasteiger partial charge in [0.2, 0.25) is 15.7 Å². The second-order valence-corrected chi connectivity index (χ2v) is 7.24. The van der Waals surface area contributed by atoms with Crippen LogP contribution in [0.15, 0.2) is 29.2 Å². The molecule has 1 aromatic rings.